The number of nitrogen functional groups attached to an aromatic ring is 1. The molecule has 100 valence electrons. The van der Waals surface area contributed by atoms with Crippen LogP contribution in [0.25, 0.3) is 11.0 Å². The number of benzene rings is 1. The number of hydrogen-bond donors (Lipinski definition) is 2. The second-order valence-electron chi connectivity index (χ2n) is 5.15. The molecular formula is C14H18N4O. The van der Waals surface area contributed by atoms with E-state index in [1.54, 1.807) is 7.05 Å². The van der Waals surface area contributed by atoms with Crippen LogP contribution < -0.4 is 11.1 Å². The summed E-state index contributed by atoms with van der Waals surface area (Å²) in [5.41, 5.74) is 8.36. The molecule has 0 saturated heterocycles. The van der Waals surface area contributed by atoms with Gasteiger partial charge < -0.3 is 15.6 Å². The van der Waals surface area contributed by atoms with Gasteiger partial charge in [0.05, 0.1) is 11.0 Å². The summed E-state index contributed by atoms with van der Waals surface area (Å²) in [5.74, 6) is 1.50. The number of imidazole rings is 1. The fourth-order valence-electron chi connectivity index (χ4n) is 2.50. The highest BCUT2D eigenvalue weighted by molar-refractivity contribution is 5.85. The largest absolute Gasteiger partial charge is 0.399 e. The Morgan fingerprint density at radius 2 is 2.26 bits per heavy atom. The van der Waals surface area contributed by atoms with E-state index in [2.05, 4.69) is 10.3 Å². The number of fused-ring (bicyclic) bond motifs is 1. The molecule has 1 saturated carbocycles. The lowest BCUT2D eigenvalue weighted by atomic mass is 10.2. The average Bonchev–Trinajstić information content (AvgIpc) is 3.18. The maximum atomic E-state index is 11.9. The number of carbonyl (C=O) groups is 1. The van der Waals surface area contributed by atoms with Crippen LogP contribution in [0.2, 0.25) is 0 Å². The molecule has 0 aliphatic heterocycles. The van der Waals surface area contributed by atoms with Gasteiger partial charge in [-0.3, -0.25) is 4.79 Å². The van der Waals surface area contributed by atoms with E-state index in [0.717, 1.165) is 29.7 Å². The Kier molecular flexibility index (Phi) is 2.69. The molecule has 5 nitrogen and oxygen atoms in total. The number of nitrogens with two attached hydrogens (primary N) is 1. The molecule has 0 bridgehead atoms. The van der Waals surface area contributed by atoms with Crippen LogP contribution >= 0.6 is 0 Å². The van der Waals surface area contributed by atoms with E-state index in [1.807, 2.05) is 29.7 Å². The molecule has 1 fully saturated rings. The van der Waals surface area contributed by atoms with Crippen molar-refractivity contribution in [1.29, 1.82) is 0 Å². The third kappa shape index (κ3) is 1.95. The maximum absolute atomic E-state index is 11.9. The van der Waals surface area contributed by atoms with E-state index in [1.165, 1.54) is 0 Å². The SMILES string of the molecule is CNC(=O)C(C)n1c(C2CC2)nc2cc(N)ccc21. The van der Waals surface area contributed by atoms with Crippen LogP contribution in [0.3, 0.4) is 0 Å². The van der Waals surface area contributed by atoms with Gasteiger partial charge in [-0.05, 0) is 38.0 Å². The van der Waals surface area contributed by atoms with Crippen LogP contribution in [0.15, 0.2) is 18.2 Å². The van der Waals surface area contributed by atoms with Crippen molar-refractivity contribution in [3.05, 3.63) is 24.0 Å². The highest BCUT2D eigenvalue weighted by Gasteiger charge is 2.32. The first kappa shape index (κ1) is 12.0. The molecule has 1 atom stereocenters. The summed E-state index contributed by atoms with van der Waals surface area (Å²) in [4.78, 5) is 16.6. The van der Waals surface area contributed by atoms with Crippen LogP contribution in [0.1, 0.15) is 37.5 Å². The lowest BCUT2D eigenvalue weighted by molar-refractivity contribution is -0.123. The molecule has 2 aromatic rings. The first-order chi connectivity index (χ1) is 9.11. The van der Waals surface area contributed by atoms with Gasteiger partial charge in [-0.15, -0.1) is 0 Å². The molecule has 0 radical (unpaired) electrons. The summed E-state index contributed by atoms with van der Waals surface area (Å²) in [5, 5.41) is 2.70. The summed E-state index contributed by atoms with van der Waals surface area (Å²) in [6.45, 7) is 1.90. The minimum absolute atomic E-state index is 0.00183. The van der Waals surface area contributed by atoms with E-state index >= 15 is 0 Å². The Bertz CT molecular complexity index is 642. The lowest BCUT2D eigenvalue weighted by Crippen LogP contribution is -2.28. The van der Waals surface area contributed by atoms with E-state index in [0.29, 0.717) is 11.6 Å². The zero-order chi connectivity index (χ0) is 13.6. The summed E-state index contributed by atoms with van der Waals surface area (Å²) >= 11 is 0. The number of nitrogens with zero attached hydrogens (tertiary/aromatic N) is 2. The molecule has 1 aliphatic rings. The van der Waals surface area contributed by atoms with E-state index < -0.39 is 0 Å². The molecule has 3 rings (SSSR count). The summed E-state index contributed by atoms with van der Waals surface area (Å²) < 4.78 is 2.05. The summed E-state index contributed by atoms with van der Waals surface area (Å²) in [7, 11) is 1.66. The van der Waals surface area contributed by atoms with Gasteiger partial charge in [-0.25, -0.2) is 4.98 Å². The molecule has 19 heavy (non-hydrogen) atoms. The highest BCUT2D eigenvalue weighted by Crippen LogP contribution is 2.42. The molecule has 0 spiro atoms. The van der Waals surface area contributed by atoms with E-state index in [4.69, 9.17) is 5.73 Å². The Morgan fingerprint density at radius 1 is 1.53 bits per heavy atom. The first-order valence-electron chi connectivity index (χ1n) is 6.60. The van der Waals surface area contributed by atoms with Crippen molar-refractivity contribution >= 4 is 22.6 Å². The Morgan fingerprint density at radius 3 is 2.89 bits per heavy atom. The normalized spacial score (nSPS) is 16.5. The Hall–Kier alpha value is -2.04. The number of likely N-dealkylation sites (N-methyl/N-ethyl adjacent to an activating group) is 1. The third-order valence-electron chi connectivity index (χ3n) is 3.70. The second kappa shape index (κ2) is 4.26. The molecule has 1 heterocycles. The quantitative estimate of drug-likeness (QED) is 0.824. The van der Waals surface area contributed by atoms with Crippen molar-refractivity contribution in [2.24, 2.45) is 0 Å². The number of rotatable bonds is 3. The van der Waals surface area contributed by atoms with Crippen molar-refractivity contribution in [3.63, 3.8) is 0 Å². The molecule has 5 heteroatoms. The fraction of sp³-hybridized carbons (Fsp3) is 0.429. The number of amides is 1. The Balaban J connectivity index is 2.19. The monoisotopic (exact) mass is 258 g/mol. The summed E-state index contributed by atoms with van der Waals surface area (Å²) in [6, 6.07) is 5.42. The molecule has 1 amide bonds. The van der Waals surface area contributed by atoms with Crippen molar-refractivity contribution in [3.8, 4) is 0 Å². The number of hydrogen-bond acceptors (Lipinski definition) is 3. The predicted octanol–water partition coefficient (Wildman–Crippen LogP) is 1.80. The van der Waals surface area contributed by atoms with Crippen molar-refractivity contribution in [2.75, 3.05) is 12.8 Å². The minimum atomic E-state index is -0.255. The van der Waals surface area contributed by atoms with Crippen LogP contribution in [0.4, 0.5) is 5.69 Å². The van der Waals surface area contributed by atoms with Gasteiger partial charge >= 0.3 is 0 Å². The number of aromatic nitrogens is 2. The predicted molar refractivity (Wildman–Crippen MR) is 74.9 cm³/mol. The smallest absolute Gasteiger partial charge is 0.242 e. The number of carbonyl (C=O) groups excluding carboxylic acids is 1. The summed E-state index contributed by atoms with van der Waals surface area (Å²) in [6.07, 6.45) is 2.30. The molecular weight excluding hydrogens is 240 g/mol. The van der Waals surface area contributed by atoms with Gasteiger partial charge in [-0.2, -0.15) is 0 Å². The molecule has 3 N–H and O–H groups in total. The van der Waals surface area contributed by atoms with Crippen LogP contribution in [-0.4, -0.2) is 22.5 Å². The zero-order valence-electron chi connectivity index (χ0n) is 11.2. The average molecular weight is 258 g/mol. The number of anilines is 1. The van der Waals surface area contributed by atoms with Crippen LogP contribution in [0, 0.1) is 0 Å². The van der Waals surface area contributed by atoms with Crippen molar-refractivity contribution in [2.45, 2.75) is 31.7 Å². The first-order valence-corrected chi connectivity index (χ1v) is 6.60. The van der Waals surface area contributed by atoms with Crippen molar-refractivity contribution < 1.29 is 4.79 Å². The standard InChI is InChI=1S/C14H18N4O/c1-8(14(19)16-2)18-12-6-5-10(15)7-11(12)17-13(18)9-3-4-9/h5-9H,3-4,15H2,1-2H3,(H,16,19). The van der Waals surface area contributed by atoms with Gasteiger partial charge in [0.2, 0.25) is 5.91 Å². The third-order valence-corrected chi connectivity index (χ3v) is 3.70. The number of nitrogens with one attached hydrogen (secondary N) is 1. The minimum Gasteiger partial charge on any atom is -0.399 e. The van der Waals surface area contributed by atoms with Gasteiger partial charge in [0.1, 0.15) is 11.9 Å². The van der Waals surface area contributed by atoms with Gasteiger partial charge in [0.25, 0.3) is 0 Å². The maximum Gasteiger partial charge on any atom is 0.242 e. The molecule has 1 aromatic heterocycles. The van der Waals surface area contributed by atoms with E-state index in [-0.39, 0.29) is 11.9 Å². The second-order valence-corrected chi connectivity index (χ2v) is 5.15. The van der Waals surface area contributed by atoms with Crippen molar-refractivity contribution in [1.82, 2.24) is 14.9 Å². The molecule has 1 unspecified atom stereocenters. The van der Waals surface area contributed by atoms with Gasteiger partial charge in [-0.1, -0.05) is 0 Å². The highest BCUT2D eigenvalue weighted by atomic mass is 16.2. The topological polar surface area (TPSA) is 72.9 Å². The molecule has 1 aromatic carbocycles. The van der Waals surface area contributed by atoms with Crippen LogP contribution in [-0.2, 0) is 4.79 Å². The van der Waals surface area contributed by atoms with Gasteiger partial charge in [0.15, 0.2) is 0 Å². The van der Waals surface area contributed by atoms with Crippen LogP contribution in [0.5, 0.6) is 0 Å². The zero-order valence-corrected chi connectivity index (χ0v) is 11.2. The van der Waals surface area contributed by atoms with E-state index in [9.17, 15) is 4.79 Å². The lowest BCUT2D eigenvalue weighted by Gasteiger charge is -2.16. The fourth-order valence-corrected chi connectivity index (χ4v) is 2.50. The molecule has 1 aliphatic carbocycles. The Labute approximate surface area is 111 Å². The van der Waals surface area contributed by atoms with Gasteiger partial charge in [0, 0.05) is 18.7 Å².